The third-order valence-corrected chi connectivity index (χ3v) is 10.0. The normalized spacial score (nSPS) is 21.9. The van der Waals surface area contributed by atoms with Gasteiger partial charge in [-0.15, -0.1) is 0 Å². The van der Waals surface area contributed by atoms with Crippen LogP contribution in [-0.4, -0.2) is 93.2 Å². The second-order valence-corrected chi connectivity index (χ2v) is 12.6. The van der Waals surface area contributed by atoms with Crippen molar-refractivity contribution in [1.82, 2.24) is 18.8 Å². The molecule has 2 saturated heterocycles. The number of aryl methyl sites for hydroxylation is 1. The molecule has 2 aliphatic rings. The van der Waals surface area contributed by atoms with Gasteiger partial charge in [-0.05, 0) is 43.5 Å². The maximum absolute atomic E-state index is 13.8. The van der Waals surface area contributed by atoms with Crippen LogP contribution in [0.1, 0.15) is 31.0 Å². The summed E-state index contributed by atoms with van der Waals surface area (Å²) >= 11 is 0. The first-order chi connectivity index (χ1) is 19.8. The number of methoxy groups -OCH3 is 3. The molecule has 3 aromatic rings. The van der Waals surface area contributed by atoms with Crippen molar-refractivity contribution in [1.29, 1.82) is 0 Å². The predicted octanol–water partition coefficient (Wildman–Crippen LogP) is 2.44. The number of hydrogen-bond acceptors (Lipinski definition) is 8. The van der Waals surface area contributed by atoms with Crippen LogP contribution in [0.3, 0.4) is 0 Å². The molecule has 12 heteroatoms. The highest BCUT2D eigenvalue weighted by molar-refractivity contribution is 7.89. The molecule has 0 saturated carbocycles. The highest BCUT2D eigenvalue weighted by atomic mass is 32.2. The summed E-state index contributed by atoms with van der Waals surface area (Å²) in [6.45, 7) is 2.63. The lowest BCUT2D eigenvalue weighted by Gasteiger charge is -2.35. The average molecular weight is 586 g/mol. The number of sulfonamides is 1. The Morgan fingerprint density at radius 2 is 1.88 bits per heavy atom. The Labute approximate surface area is 241 Å². The number of nitrogens with two attached hydrogens (primary N) is 1. The molecule has 0 aliphatic carbocycles. The number of hydrogen-bond donors (Lipinski definition) is 1. The molecule has 2 aliphatic heterocycles. The summed E-state index contributed by atoms with van der Waals surface area (Å²) in [6, 6.07) is 12.1. The third kappa shape index (κ3) is 5.78. The summed E-state index contributed by atoms with van der Waals surface area (Å²) in [4.78, 5) is 20.6. The van der Waals surface area contributed by atoms with Crippen molar-refractivity contribution in [2.24, 2.45) is 11.7 Å². The van der Waals surface area contributed by atoms with Gasteiger partial charge in [-0.1, -0.05) is 12.1 Å². The molecular weight excluding hydrogens is 546 g/mol. The Bertz CT molecular complexity index is 1490. The average Bonchev–Trinajstić information content (AvgIpc) is 3.57. The lowest BCUT2D eigenvalue weighted by molar-refractivity contribution is -0.136. The first-order valence-corrected chi connectivity index (χ1v) is 15.4. The van der Waals surface area contributed by atoms with E-state index < -0.39 is 22.0 Å². The van der Waals surface area contributed by atoms with Gasteiger partial charge in [0, 0.05) is 64.5 Å². The lowest BCUT2D eigenvalue weighted by Crippen LogP contribution is -2.47. The summed E-state index contributed by atoms with van der Waals surface area (Å²) in [5.41, 5.74) is 8.45. The van der Waals surface area contributed by atoms with Gasteiger partial charge >= 0.3 is 0 Å². The van der Waals surface area contributed by atoms with Crippen molar-refractivity contribution in [2.45, 2.75) is 42.7 Å². The number of likely N-dealkylation sites (tertiary alicyclic amines) is 1. The fourth-order valence-corrected chi connectivity index (χ4v) is 7.68. The van der Waals surface area contributed by atoms with Gasteiger partial charge in [0.1, 0.15) is 22.2 Å². The molecule has 0 spiro atoms. The van der Waals surface area contributed by atoms with Crippen molar-refractivity contribution >= 4 is 27.0 Å². The van der Waals surface area contributed by atoms with Crippen LogP contribution in [-0.2, 0) is 26.1 Å². The molecule has 3 atom stereocenters. The lowest BCUT2D eigenvalue weighted by atomic mass is 9.94. The highest BCUT2D eigenvalue weighted by Crippen LogP contribution is 2.35. The Balaban J connectivity index is 1.34. The van der Waals surface area contributed by atoms with E-state index in [1.54, 1.807) is 19.2 Å². The van der Waals surface area contributed by atoms with Crippen LogP contribution in [0.5, 0.6) is 11.5 Å². The van der Waals surface area contributed by atoms with Crippen molar-refractivity contribution < 1.29 is 27.4 Å². The number of fused-ring (bicyclic) bond motifs is 1. The van der Waals surface area contributed by atoms with E-state index in [9.17, 15) is 13.2 Å². The summed E-state index contributed by atoms with van der Waals surface area (Å²) in [5.74, 6) is 0.903. The minimum Gasteiger partial charge on any atom is -0.497 e. The molecule has 0 radical (unpaired) electrons. The minimum atomic E-state index is -3.98. The van der Waals surface area contributed by atoms with Gasteiger partial charge in [0.15, 0.2) is 0 Å². The number of amides is 1. The Morgan fingerprint density at radius 1 is 1.07 bits per heavy atom. The van der Waals surface area contributed by atoms with Gasteiger partial charge in [0.05, 0.1) is 31.2 Å². The maximum Gasteiger partial charge on any atom is 0.246 e. The van der Waals surface area contributed by atoms with E-state index in [1.807, 2.05) is 23.1 Å². The van der Waals surface area contributed by atoms with Gasteiger partial charge in [-0.3, -0.25) is 4.79 Å². The number of piperidine rings is 1. The summed E-state index contributed by atoms with van der Waals surface area (Å²) in [7, 11) is 0.613. The van der Waals surface area contributed by atoms with E-state index in [2.05, 4.69) is 10.6 Å². The number of carbonyl (C=O) groups is 1. The molecule has 222 valence electrons. The molecule has 0 bridgehead atoms. The number of para-hydroxylation sites is 2. The summed E-state index contributed by atoms with van der Waals surface area (Å²) < 4.78 is 46.6. The molecule has 2 N–H and O–H groups in total. The van der Waals surface area contributed by atoms with E-state index in [4.69, 9.17) is 24.9 Å². The van der Waals surface area contributed by atoms with Gasteiger partial charge in [-0.2, -0.15) is 4.31 Å². The number of benzene rings is 2. The molecule has 11 nitrogen and oxygen atoms in total. The van der Waals surface area contributed by atoms with E-state index in [0.717, 1.165) is 42.7 Å². The summed E-state index contributed by atoms with van der Waals surface area (Å²) in [5, 5.41) is 0. The molecule has 1 aromatic heterocycles. The Morgan fingerprint density at radius 3 is 2.63 bits per heavy atom. The number of carbonyl (C=O) groups excluding carboxylic acids is 1. The minimum absolute atomic E-state index is 0.00920. The Kier molecular flexibility index (Phi) is 8.83. The van der Waals surface area contributed by atoms with Crippen LogP contribution in [0.15, 0.2) is 47.4 Å². The van der Waals surface area contributed by atoms with Crippen molar-refractivity contribution in [3.63, 3.8) is 0 Å². The zero-order valence-electron chi connectivity index (χ0n) is 23.9. The van der Waals surface area contributed by atoms with Crippen molar-refractivity contribution in [3.8, 4) is 11.5 Å². The summed E-state index contributed by atoms with van der Waals surface area (Å²) in [6.07, 6.45) is 2.62. The predicted molar refractivity (Wildman–Crippen MR) is 155 cm³/mol. The molecular formula is C29H39N5O6S. The first kappa shape index (κ1) is 29.3. The smallest absolute Gasteiger partial charge is 0.246 e. The number of aromatic nitrogens is 2. The topological polar surface area (TPSA) is 129 Å². The van der Waals surface area contributed by atoms with Gasteiger partial charge in [-0.25, -0.2) is 13.4 Å². The SMILES string of the molecule is COCCCn1c(C2CCCN(C(=O)[C@@H]3CN(S(=O)(=O)c4cc(OC)ccc4OC)C[C@H]3N)C2)nc2ccccc21. The fraction of sp³-hybridized carbons (Fsp3) is 0.517. The number of ether oxygens (including phenoxy) is 3. The van der Waals surface area contributed by atoms with Crippen LogP contribution in [0.4, 0.5) is 0 Å². The number of imidazole rings is 1. The van der Waals surface area contributed by atoms with Crippen LogP contribution in [0.2, 0.25) is 0 Å². The Hall–Kier alpha value is -3.19. The quantitative estimate of drug-likeness (QED) is 0.359. The van der Waals surface area contributed by atoms with Crippen LogP contribution in [0, 0.1) is 5.92 Å². The van der Waals surface area contributed by atoms with Crippen LogP contribution in [0.25, 0.3) is 11.0 Å². The van der Waals surface area contributed by atoms with Crippen LogP contribution < -0.4 is 15.2 Å². The third-order valence-electron chi connectivity index (χ3n) is 8.15. The molecule has 1 amide bonds. The van der Waals surface area contributed by atoms with E-state index in [0.29, 0.717) is 25.4 Å². The van der Waals surface area contributed by atoms with Gasteiger partial charge in [0.2, 0.25) is 15.9 Å². The molecule has 2 aromatic carbocycles. The highest BCUT2D eigenvalue weighted by Gasteiger charge is 2.44. The molecule has 1 unspecified atom stereocenters. The maximum atomic E-state index is 13.8. The van der Waals surface area contributed by atoms with E-state index in [1.165, 1.54) is 24.6 Å². The van der Waals surface area contributed by atoms with Crippen molar-refractivity contribution in [3.05, 3.63) is 48.3 Å². The number of nitrogens with zero attached hydrogens (tertiary/aromatic N) is 4. The van der Waals surface area contributed by atoms with Crippen LogP contribution >= 0.6 is 0 Å². The molecule has 5 rings (SSSR count). The second-order valence-electron chi connectivity index (χ2n) is 10.7. The zero-order chi connectivity index (χ0) is 29.1. The molecule has 3 heterocycles. The van der Waals surface area contributed by atoms with E-state index in [-0.39, 0.29) is 35.6 Å². The van der Waals surface area contributed by atoms with Gasteiger partial charge < -0.3 is 29.4 Å². The fourth-order valence-electron chi connectivity index (χ4n) is 6.00. The standard InChI is InChI=1S/C29H39N5O6S/c1-38-15-7-14-34-25-10-5-4-9-24(25)31-28(34)20-8-6-13-32(17-20)29(35)22-18-33(19-23(22)30)41(36,37)27-16-21(39-2)11-12-26(27)40-3/h4-5,9-12,16,20,22-23H,6-8,13-15,17-19,30H2,1-3H3/t20?,22-,23-/m1/s1. The van der Waals surface area contributed by atoms with Gasteiger partial charge in [0.25, 0.3) is 0 Å². The molecule has 41 heavy (non-hydrogen) atoms. The van der Waals surface area contributed by atoms with E-state index >= 15 is 0 Å². The second kappa shape index (κ2) is 12.4. The number of rotatable bonds is 10. The monoisotopic (exact) mass is 585 g/mol. The zero-order valence-corrected chi connectivity index (χ0v) is 24.7. The van der Waals surface area contributed by atoms with Crippen molar-refractivity contribution in [2.75, 3.05) is 54.1 Å². The first-order valence-electron chi connectivity index (χ1n) is 14.0. The largest absolute Gasteiger partial charge is 0.497 e. The molecule has 2 fully saturated rings.